The number of ketones is 1. The Morgan fingerprint density at radius 2 is 1.86 bits per heavy atom. The molecule has 1 aromatic heterocycles. The summed E-state index contributed by atoms with van der Waals surface area (Å²) in [5.41, 5.74) is 1.19. The van der Waals surface area contributed by atoms with Crippen LogP contribution in [0.3, 0.4) is 0 Å². The predicted octanol–water partition coefficient (Wildman–Crippen LogP) is 2.00. The Kier molecular flexibility index (Phi) is 4.97. The fourth-order valence-electron chi connectivity index (χ4n) is 3.66. The van der Waals surface area contributed by atoms with Crippen LogP contribution < -0.4 is 5.32 Å². The summed E-state index contributed by atoms with van der Waals surface area (Å²) in [6, 6.07) is 3.12. The summed E-state index contributed by atoms with van der Waals surface area (Å²) in [5, 5.41) is 3.60. The van der Waals surface area contributed by atoms with Crippen LogP contribution in [0.4, 0.5) is 0 Å². The Labute approximate surface area is 137 Å². The number of hydrogen-bond donors (Lipinski definition) is 1. The third kappa shape index (κ3) is 3.06. The van der Waals surface area contributed by atoms with Crippen LogP contribution in [-0.4, -0.2) is 46.3 Å². The van der Waals surface area contributed by atoms with Gasteiger partial charge in [-0.2, -0.15) is 0 Å². The maximum Gasteiger partial charge on any atom is 0.270 e. The molecule has 3 heterocycles. The zero-order valence-electron chi connectivity index (χ0n) is 13.3. The highest BCUT2D eigenvalue weighted by Crippen LogP contribution is 2.29. The van der Waals surface area contributed by atoms with Crippen LogP contribution in [0.1, 0.15) is 53.5 Å². The molecule has 2 aliphatic heterocycles. The molecule has 1 aromatic rings. The number of rotatable bonds is 3. The molecule has 2 bridgehead atoms. The van der Waals surface area contributed by atoms with Crippen molar-refractivity contribution in [2.45, 2.75) is 50.7 Å². The number of carbonyl (C=O) groups is 2. The maximum absolute atomic E-state index is 12.7. The maximum atomic E-state index is 12.7. The van der Waals surface area contributed by atoms with Gasteiger partial charge in [-0.15, -0.1) is 12.4 Å². The third-order valence-electron chi connectivity index (χ3n) is 4.95. The minimum Gasteiger partial charge on any atom is -0.346 e. The number of Topliss-reactive ketones (excluding diaryl/α,β-unsaturated/α-hetero) is 1. The SMILES string of the molecule is CC(=O)c1cc(C(=O)N(C)C2CC3CCC(C2)N3)n(C)c1.Cl. The molecule has 1 amide bonds. The Balaban J connectivity index is 0.00000176. The molecule has 5 nitrogen and oxygen atoms in total. The first-order valence-electron chi connectivity index (χ1n) is 7.66. The lowest BCUT2D eigenvalue weighted by atomic mass is 9.98. The van der Waals surface area contributed by atoms with Crippen LogP contribution in [0.25, 0.3) is 0 Å². The number of carbonyl (C=O) groups excluding carboxylic acids is 2. The second-order valence-electron chi connectivity index (χ2n) is 6.46. The van der Waals surface area contributed by atoms with Gasteiger partial charge in [-0.1, -0.05) is 0 Å². The van der Waals surface area contributed by atoms with Crippen molar-refractivity contribution in [1.82, 2.24) is 14.8 Å². The van der Waals surface area contributed by atoms with Gasteiger partial charge in [0.2, 0.25) is 0 Å². The van der Waals surface area contributed by atoms with Gasteiger partial charge in [0.25, 0.3) is 5.91 Å². The van der Waals surface area contributed by atoms with Gasteiger partial charge in [-0.3, -0.25) is 9.59 Å². The molecule has 2 unspecified atom stereocenters. The molecule has 0 saturated carbocycles. The van der Waals surface area contributed by atoms with Gasteiger partial charge in [0.15, 0.2) is 5.78 Å². The van der Waals surface area contributed by atoms with E-state index in [1.54, 1.807) is 16.8 Å². The molecular weight excluding hydrogens is 302 g/mol. The van der Waals surface area contributed by atoms with Crippen LogP contribution in [0.5, 0.6) is 0 Å². The molecule has 3 rings (SSSR count). The lowest BCUT2D eigenvalue weighted by molar-refractivity contribution is 0.0672. The molecule has 0 radical (unpaired) electrons. The summed E-state index contributed by atoms with van der Waals surface area (Å²) in [7, 11) is 3.71. The normalized spacial score (nSPS) is 26.4. The molecule has 2 fully saturated rings. The first kappa shape index (κ1) is 17.0. The van der Waals surface area contributed by atoms with Crippen molar-refractivity contribution in [1.29, 1.82) is 0 Å². The molecule has 2 aliphatic rings. The van der Waals surface area contributed by atoms with Crippen LogP contribution in [0.2, 0.25) is 0 Å². The Morgan fingerprint density at radius 1 is 1.27 bits per heavy atom. The van der Waals surface area contributed by atoms with E-state index >= 15 is 0 Å². The summed E-state index contributed by atoms with van der Waals surface area (Å²) in [5.74, 6) is 0.00325. The fourth-order valence-corrected chi connectivity index (χ4v) is 3.66. The van der Waals surface area contributed by atoms with Gasteiger partial charge in [-0.25, -0.2) is 0 Å². The quantitative estimate of drug-likeness (QED) is 0.865. The van der Waals surface area contributed by atoms with Gasteiger partial charge in [0.1, 0.15) is 5.69 Å². The van der Waals surface area contributed by atoms with Crippen molar-refractivity contribution in [2.24, 2.45) is 7.05 Å². The Bertz CT molecular complexity index is 572. The number of nitrogens with zero attached hydrogens (tertiary/aromatic N) is 2. The smallest absolute Gasteiger partial charge is 0.270 e. The van der Waals surface area contributed by atoms with E-state index in [1.807, 2.05) is 19.0 Å². The molecule has 2 saturated heterocycles. The van der Waals surface area contributed by atoms with Crippen LogP contribution >= 0.6 is 12.4 Å². The third-order valence-corrected chi connectivity index (χ3v) is 4.95. The summed E-state index contributed by atoms with van der Waals surface area (Å²) >= 11 is 0. The summed E-state index contributed by atoms with van der Waals surface area (Å²) < 4.78 is 1.76. The lowest BCUT2D eigenvalue weighted by Gasteiger charge is -2.35. The van der Waals surface area contributed by atoms with Crippen LogP contribution in [0.15, 0.2) is 12.3 Å². The molecule has 0 spiro atoms. The van der Waals surface area contributed by atoms with Crippen molar-refractivity contribution in [3.63, 3.8) is 0 Å². The topological polar surface area (TPSA) is 54.3 Å². The number of aryl methyl sites for hydroxylation is 1. The van der Waals surface area contributed by atoms with E-state index in [2.05, 4.69) is 5.32 Å². The fraction of sp³-hybridized carbons (Fsp3) is 0.625. The molecule has 22 heavy (non-hydrogen) atoms. The van der Waals surface area contributed by atoms with Gasteiger partial charge < -0.3 is 14.8 Å². The minimum absolute atomic E-state index is 0. The molecule has 2 atom stereocenters. The second kappa shape index (κ2) is 6.42. The van der Waals surface area contributed by atoms with Gasteiger partial charge >= 0.3 is 0 Å². The lowest BCUT2D eigenvalue weighted by Crippen LogP contribution is -2.49. The van der Waals surface area contributed by atoms with E-state index < -0.39 is 0 Å². The van der Waals surface area contributed by atoms with E-state index in [4.69, 9.17) is 0 Å². The van der Waals surface area contributed by atoms with E-state index in [1.165, 1.54) is 19.8 Å². The number of aromatic nitrogens is 1. The molecule has 0 aliphatic carbocycles. The summed E-state index contributed by atoms with van der Waals surface area (Å²) in [6.45, 7) is 1.53. The summed E-state index contributed by atoms with van der Waals surface area (Å²) in [6.07, 6.45) is 6.24. The van der Waals surface area contributed by atoms with Gasteiger partial charge in [-0.05, 0) is 38.7 Å². The van der Waals surface area contributed by atoms with Crippen molar-refractivity contribution >= 4 is 24.1 Å². The molecule has 122 valence electrons. The van der Waals surface area contributed by atoms with Crippen molar-refractivity contribution in [3.05, 3.63) is 23.5 Å². The van der Waals surface area contributed by atoms with E-state index in [9.17, 15) is 9.59 Å². The first-order valence-corrected chi connectivity index (χ1v) is 7.66. The van der Waals surface area contributed by atoms with E-state index in [0.29, 0.717) is 29.4 Å². The van der Waals surface area contributed by atoms with E-state index in [-0.39, 0.29) is 24.1 Å². The average Bonchev–Trinajstić information content (AvgIpc) is 3.00. The number of amides is 1. The second-order valence-corrected chi connectivity index (χ2v) is 6.46. The standard InChI is InChI=1S/C16H23N3O2.ClH/c1-10(20)11-6-15(18(2)9-11)16(21)19(3)14-7-12-4-5-13(8-14)17-12;/h6,9,12-14,17H,4-5,7-8H2,1-3H3;1H. The Morgan fingerprint density at radius 3 is 2.36 bits per heavy atom. The van der Waals surface area contributed by atoms with Crippen molar-refractivity contribution in [3.8, 4) is 0 Å². The van der Waals surface area contributed by atoms with Crippen LogP contribution in [-0.2, 0) is 7.05 Å². The van der Waals surface area contributed by atoms with E-state index in [0.717, 1.165) is 12.8 Å². The zero-order valence-corrected chi connectivity index (χ0v) is 14.2. The molecule has 6 heteroatoms. The predicted molar refractivity (Wildman–Crippen MR) is 87.7 cm³/mol. The number of halogens is 1. The highest BCUT2D eigenvalue weighted by molar-refractivity contribution is 5.99. The average molecular weight is 326 g/mol. The largest absolute Gasteiger partial charge is 0.346 e. The molecule has 1 N–H and O–H groups in total. The first-order chi connectivity index (χ1) is 9.95. The number of fused-ring (bicyclic) bond motifs is 2. The number of nitrogens with one attached hydrogen (secondary N) is 1. The monoisotopic (exact) mass is 325 g/mol. The summed E-state index contributed by atoms with van der Waals surface area (Å²) in [4.78, 5) is 26.0. The van der Waals surface area contributed by atoms with Crippen molar-refractivity contribution < 1.29 is 9.59 Å². The molecular formula is C16H24ClN3O2. The van der Waals surface area contributed by atoms with Crippen molar-refractivity contribution in [2.75, 3.05) is 7.05 Å². The van der Waals surface area contributed by atoms with Gasteiger partial charge in [0.05, 0.1) is 0 Å². The Hall–Kier alpha value is -1.33. The number of piperidine rings is 1. The highest BCUT2D eigenvalue weighted by Gasteiger charge is 2.36. The van der Waals surface area contributed by atoms with Crippen LogP contribution in [0, 0.1) is 0 Å². The highest BCUT2D eigenvalue weighted by atomic mass is 35.5. The number of hydrogen-bond acceptors (Lipinski definition) is 3. The molecule has 0 aromatic carbocycles. The minimum atomic E-state index is -0.00721. The zero-order chi connectivity index (χ0) is 15.1. The van der Waals surface area contributed by atoms with Gasteiger partial charge in [0, 0.05) is 44.0 Å².